The Morgan fingerprint density at radius 3 is 2.31 bits per heavy atom. The minimum atomic E-state index is -1.13. The van der Waals surface area contributed by atoms with Crippen LogP contribution in [-0.4, -0.2) is 40.0 Å². The van der Waals surface area contributed by atoms with E-state index in [0.29, 0.717) is 0 Å². The van der Waals surface area contributed by atoms with E-state index in [2.05, 4.69) is 15.6 Å². The summed E-state index contributed by atoms with van der Waals surface area (Å²) in [6.45, 7) is 1.33. The first-order chi connectivity index (χ1) is 13.9. The van der Waals surface area contributed by atoms with Crippen molar-refractivity contribution in [2.75, 3.05) is 0 Å². The van der Waals surface area contributed by atoms with Gasteiger partial charge in [0.2, 0.25) is 11.8 Å². The van der Waals surface area contributed by atoms with Gasteiger partial charge >= 0.3 is 5.97 Å². The van der Waals surface area contributed by atoms with Crippen LogP contribution in [0.1, 0.15) is 18.1 Å². The van der Waals surface area contributed by atoms with Gasteiger partial charge in [-0.1, -0.05) is 48.5 Å². The highest BCUT2D eigenvalue weighted by Gasteiger charge is 2.27. The Morgan fingerprint density at radius 2 is 1.62 bits per heavy atom. The summed E-state index contributed by atoms with van der Waals surface area (Å²) in [5, 5.41) is 15.7. The standard InChI is InChI=1S/C22H23N3O4/c1-14(26)24-19(11-15-7-3-2-4-8-15)21(27)25-20(22(28)29)12-16-13-23-18-10-6-5-9-17(16)18/h2-10,13,19-20,23H,11-12H2,1H3,(H,24,26)(H,25,27)(H,28,29)/t19?,20-/m1/s1. The third kappa shape index (κ3) is 5.22. The molecule has 3 aromatic rings. The summed E-state index contributed by atoms with van der Waals surface area (Å²) in [6, 6.07) is 14.8. The molecule has 1 aromatic heterocycles. The van der Waals surface area contributed by atoms with Gasteiger partial charge in [0.05, 0.1) is 0 Å². The van der Waals surface area contributed by atoms with Crippen LogP contribution in [0.3, 0.4) is 0 Å². The van der Waals surface area contributed by atoms with Crippen LogP contribution in [0.4, 0.5) is 0 Å². The van der Waals surface area contributed by atoms with E-state index in [9.17, 15) is 19.5 Å². The number of fused-ring (bicyclic) bond motifs is 1. The van der Waals surface area contributed by atoms with Crippen LogP contribution >= 0.6 is 0 Å². The van der Waals surface area contributed by atoms with Gasteiger partial charge in [0.25, 0.3) is 0 Å². The van der Waals surface area contributed by atoms with Crippen molar-refractivity contribution < 1.29 is 19.5 Å². The summed E-state index contributed by atoms with van der Waals surface area (Å²) in [7, 11) is 0. The molecule has 0 spiro atoms. The first-order valence-electron chi connectivity index (χ1n) is 9.33. The Labute approximate surface area is 168 Å². The van der Waals surface area contributed by atoms with E-state index in [1.807, 2.05) is 54.6 Å². The lowest BCUT2D eigenvalue weighted by molar-refractivity contribution is -0.142. The number of hydrogen-bond donors (Lipinski definition) is 4. The summed E-state index contributed by atoms with van der Waals surface area (Å²) in [5.74, 6) is -2.02. The van der Waals surface area contributed by atoms with Gasteiger partial charge in [-0.15, -0.1) is 0 Å². The van der Waals surface area contributed by atoms with Crippen molar-refractivity contribution in [3.05, 3.63) is 71.9 Å². The molecule has 7 nitrogen and oxygen atoms in total. The summed E-state index contributed by atoms with van der Waals surface area (Å²) in [6.07, 6.45) is 2.15. The molecular weight excluding hydrogens is 370 g/mol. The third-order valence-electron chi connectivity index (χ3n) is 4.69. The zero-order chi connectivity index (χ0) is 20.8. The number of rotatable bonds is 8. The van der Waals surface area contributed by atoms with Gasteiger partial charge in [-0.2, -0.15) is 0 Å². The molecule has 0 aliphatic rings. The van der Waals surface area contributed by atoms with Crippen molar-refractivity contribution in [1.82, 2.24) is 15.6 Å². The van der Waals surface area contributed by atoms with Gasteiger partial charge in [-0.25, -0.2) is 4.79 Å². The molecular formula is C22H23N3O4. The largest absolute Gasteiger partial charge is 0.480 e. The molecule has 0 aliphatic carbocycles. The third-order valence-corrected chi connectivity index (χ3v) is 4.69. The monoisotopic (exact) mass is 393 g/mol. The Morgan fingerprint density at radius 1 is 0.931 bits per heavy atom. The molecule has 7 heteroatoms. The second kappa shape index (κ2) is 9.05. The Hall–Kier alpha value is -3.61. The van der Waals surface area contributed by atoms with Crippen LogP contribution in [-0.2, 0) is 27.2 Å². The number of H-pyrrole nitrogens is 1. The van der Waals surface area contributed by atoms with Gasteiger partial charge in [0.15, 0.2) is 0 Å². The van der Waals surface area contributed by atoms with Gasteiger partial charge in [0, 0.05) is 36.9 Å². The number of carbonyl (C=O) groups excluding carboxylic acids is 2. The number of aromatic nitrogens is 1. The Kier molecular flexibility index (Phi) is 6.29. The maximum absolute atomic E-state index is 12.8. The lowest BCUT2D eigenvalue weighted by Gasteiger charge is -2.21. The highest BCUT2D eigenvalue weighted by Crippen LogP contribution is 2.19. The van der Waals surface area contributed by atoms with E-state index >= 15 is 0 Å². The Balaban J connectivity index is 1.75. The average molecular weight is 393 g/mol. The van der Waals surface area contributed by atoms with Gasteiger partial charge in [0.1, 0.15) is 12.1 Å². The molecule has 0 fully saturated rings. The van der Waals surface area contributed by atoms with E-state index in [4.69, 9.17) is 0 Å². The smallest absolute Gasteiger partial charge is 0.326 e. The number of carbonyl (C=O) groups is 3. The number of amides is 2. The van der Waals surface area contributed by atoms with Crippen molar-refractivity contribution in [3.63, 3.8) is 0 Å². The van der Waals surface area contributed by atoms with Gasteiger partial charge in [-0.3, -0.25) is 9.59 Å². The van der Waals surface area contributed by atoms with Crippen LogP contribution in [0.5, 0.6) is 0 Å². The SMILES string of the molecule is CC(=O)NC(Cc1ccccc1)C(=O)N[C@H](Cc1c[nH]c2ccccc12)C(=O)O. The minimum absolute atomic E-state index is 0.128. The average Bonchev–Trinajstić information content (AvgIpc) is 3.10. The molecule has 0 saturated carbocycles. The highest BCUT2D eigenvalue weighted by molar-refractivity contribution is 5.91. The molecule has 1 heterocycles. The molecule has 2 atom stereocenters. The number of nitrogens with one attached hydrogen (secondary N) is 3. The molecule has 150 valence electrons. The van der Waals surface area contributed by atoms with E-state index in [-0.39, 0.29) is 18.7 Å². The highest BCUT2D eigenvalue weighted by atomic mass is 16.4. The molecule has 0 aliphatic heterocycles. The number of carboxylic acid groups (broad SMARTS) is 1. The molecule has 0 bridgehead atoms. The van der Waals surface area contributed by atoms with Crippen LogP contribution < -0.4 is 10.6 Å². The molecule has 29 heavy (non-hydrogen) atoms. The van der Waals surface area contributed by atoms with E-state index < -0.39 is 24.0 Å². The lowest BCUT2D eigenvalue weighted by atomic mass is 10.0. The van der Waals surface area contributed by atoms with Crippen molar-refractivity contribution in [1.29, 1.82) is 0 Å². The van der Waals surface area contributed by atoms with Crippen LogP contribution in [0.2, 0.25) is 0 Å². The maximum atomic E-state index is 12.8. The van der Waals surface area contributed by atoms with Crippen molar-refractivity contribution in [3.8, 4) is 0 Å². The summed E-state index contributed by atoms with van der Waals surface area (Å²) in [4.78, 5) is 39.2. The summed E-state index contributed by atoms with van der Waals surface area (Å²) in [5.41, 5.74) is 2.57. The second-order valence-corrected chi connectivity index (χ2v) is 6.91. The first-order valence-corrected chi connectivity index (χ1v) is 9.33. The number of aromatic amines is 1. The van der Waals surface area contributed by atoms with Gasteiger partial charge < -0.3 is 20.7 Å². The number of aliphatic carboxylic acids is 1. The van der Waals surface area contributed by atoms with Crippen LogP contribution in [0.15, 0.2) is 60.8 Å². The van der Waals surface area contributed by atoms with E-state index in [1.165, 1.54) is 6.92 Å². The summed E-state index contributed by atoms with van der Waals surface area (Å²) < 4.78 is 0. The number of carboxylic acids is 1. The zero-order valence-electron chi connectivity index (χ0n) is 16.0. The fourth-order valence-corrected chi connectivity index (χ4v) is 3.30. The van der Waals surface area contributed by atoms with Crippen molar-refractivity contribution >= 4 is 28.7 Å². The maximum Gasteiger partial charge on any atom is 0.326 e. The first kappa shape index (κ1) is 20.1. The fraction of sp³-hybridized carbons (Fsp3) is 0.227. The van der Waals surface area contributed by atoms with Crippen molar-refractivity contribution in [2.45, 2.75) is 31.8 Å². The van der Waals surface area contributed by atoms with Gasteiger partial charge in [-0.05, 0) is 17.2 Å². The molecule has 3 rings (SSSR count). The minimum Gasteiger partial charge on any atom is -0.480 e. The number of hydrogen-bond acceptors (Lipinski definition) is 3. The Bertz CT molecular complexity index is 1010. The zero-order valence-corrected chi connectivity index (χ0v) is 16.0. The summed E-state index contributed by atoms with van der Waals surface area (Å²) >= 11 is 0. The predicted molar refractivity (Wildman–Crippen MR) is 109 cm³/mol. The quantitative estimate of drug-likeness (QED) is 0.469. The predicted octanol–water partition coefficient (Wildman–Crippen LogP) is 2.03. The molecule has 1 unspecified atom stereocenters. The number of para-hydroxylation sites is 1. The molecule has 4 N–H and O–H groups in total. The van der Waals surface area contributed by atoms with E-state index in [0.717, 1.165) is 22.0 Å². The van der Waals surface area contributed by atoms with Crippen LogP contribution in [0.25, 0.3) is 10.9 Å². The fourth-order valence-electron chi connectivity index (χ4n) is 3.30. The van der Waals surface area contributed by atoms with Crippen molar-refractivity contribution in [2.24, 2.45) is 0 Å². The molecule has 0 saturated heterocycles. The normalized spacial score (nSPS) is 12.9. The topological polar surface area (TPSA) is 111 Å². The van der Waals surface area contributed by atoms with Crippen LogP contribution in [0, 0.1) is 0 Å². The second-order valence-electron chi connectivity index (χ2n) is 6.91. The lowest BCUT2D eigenvalue weighted by Crippen LogP contribution is -2.52. The molecule has 2 amide bonds. The molecule has 2 aromatic carbocycles. The number of benzene rings is 2. The van der Waals surface area contributed by atoms with E-state index in [1.54, 1.807) is 6.20 Å². The molecule has 0 radical (unpaired) electrons.